The van der Waals surface area contributed by atoms with E-state index < -0.39 is 26.5 Å². The fourth-order valence-electron chi connectivity index (χ4n) is 9.77. The largest absolute Gasteiger partial charge is 0.756 e. The lowest BCUT2D eigenvalue weighted by Gasteiger charge is -2.28. The number of carbonyl (C=O) groups excluding carboxylic acids is 2. The number of allylic oxidation sites excluding steroid dienone is 2. The Bertz CT molecular complexity index is 1260. The normalized spacial score (nSPS) is 13.2. The van der Waals surface area contributed by atoms with Crippen LogP contribution in [0.2, 0.25) is 0 Å². The van der Waals surface area contributed by atoms with Gasteiger partial charge in [0.15, 0.2) is 6.10 Å². The summed E-state index contributed by atoms with van der Waals surface area (Å²) in [6.07, 6.45) is 67.1. The maximum atomic E-state index is 12.8. The summed E-state index contributed by atoms with van der Waals surface area (Å²) in [5.74, 6) is -0.815. The number of hydrogen-bond donors (Lipinski definition) is 0. The van der Waals surface area contributed by atoms with Crippen LogP contribution in [-0.2, 0) is 32.7 Å². The minimum atomic E-state index is -4.63. The van der Waals surface area contributed by atoms with Crippen LogP contribution < -0.4 is 4.89 Å². The molecule has 0 rings (SSSR count). The summed E-state index contributed by atoms with van der Waals surface area (Å²) in [5, 5.41) is 0. The van der Waals surface area contributed by atoms with Crippen molar-refractivity contribution >= 4 is 19.8 Å². The molecular weight excluding hydrogens is 942 g/mol. The minimum absolute atomic E-state index is 0.0274. The molecule has 0 amide bonds. The Morgan fingerprint density at radius 3 is 1.00 bits per heavy atom. The average Bonchev–Trinajstić information content (AvgIpc) is 3.36. The fourth-order valence-corrected chi connectivity index (χ4v) is 10.5. The molecule has 0 aromatic heterocycles. The summed E-state index contributed by atoms with van der Waals surface area (Å²) < 4.78 is 34.2. The van der Waals surface area contributed by atoms with Gasteiger partial charge in [-0.25, -0.2) is 0 Å². The number of quaternary nitrogens is 1. The van der Waals surface area contributed by atoms with Crippen molar-refractivity contribution in [1.82, 2.24) is 0 Å². The van der Waals surface area contributed by atoms with Crippen LogP contribution in [0.1, 0.15) is 335 Å². The highest BCUT2D eigenvalue weighted by Gasteiger charge is 2.22. The van der Waals surface area contributed by atoms with Crippen molar-refractivity contribution in [2.24, 2.45) is 0 Å². The van der Waals surface area contributed by atoms with Crippen LogP contribution >= 0.6 is 7.82 Å². The van der Waals surface area contributed by atoms with Crippen LogP contribution in [0.5, 0.6) is 0 Å². The molecule has 0 radical (unpaired) electrons. The van der Waals surface area contributed by atoms with Crippen molar-refractivity contribution in [1.29, 1.82) is 0 Å². The molecule has 0 aromatic carbocycles. The van der Waals surface area contributed by atoms with Crippen molar-refractivity contribution in [3.05, 3.63) is 12.2 Å². The van der Waals surface area contributed by atoms with E-state index in [0.717, 1.165) is 38.5 Å². The van der Waals surface area contributed by atoms with E-state index in [1.165, 1.54) is 263 Å². The third-order valence-electron chi connectivity index (χ3n) is 14.8. The molecule has 440 valence electrons. The number of rotatable bonds is 61. The molecule has 2 unspecified atom stereocenters. The Labute approximate surface area is 460 Å². The van der Waals surface area contributed by atoms with E-state index in [2.05, 4.69) is 26.0 Å². The lowest BCUT2D eigenvalue weighted by Crippen LogP contribution is -2.37. The highest BCUT2D eigenvalue weighted by Crippen LogP contribution is 2.38. The molecule has 0 saturated heterocycles. The molecule has 0 fully saturated rings. The maximum Gasteiger partial charge on any atom is 0.306 e. The van der Waals surface area contributed by atoms with Crippen molar-refractivity contribution < 1.29 is 42.1 Å². The lowest BCUT2D eigenvalue weighted by molar-refractivity contribution is -0.870. The van der Waals surface area contributed by atoms with Crippen LogP contribution in [0.3, 0.4) is 0 Å². The van der Waals surface area contributed by atoms with Gasteiger partial charge in [0.25, 0.3) is 7.82 Å². The van der Waals surface area contributed by atoms with Gasteiger partial charge in [-0.1, -0.05) is 296 Å². The van der Waals surface area contributed by atoms with Crippen molar-refractivity contribution in [2.75, 3.05) is 47.5 Å². The molecule has 0 spiro atoms. The first-order valence-corrected chi connectivity index (χ1v) is 33.9. The molecule has 0 N–H and O–H groups in total. The van der Waals surface area contributed by atoms with Gasteiger partial charge in [0.2, 0.25) is 0 Å². The minimum Gasteiger partial charge on any atom is -0.756 e. The van der Waals surface area contributed by atoms with Crippen molar-refractivity contribution in [3.63, 3.8) is 0 Å². The smallest absolute Gasteiger partial charge is 0.306 e. The van der Waals surface area contributed by atoms with Gasteiger partial charge in [-0.3, -0.25) is 14.2 Å². The zero-order valence-corrected chi connectivity index (χ0v) is 51.0. The van der Waals surface area contributed by atoms with E-state index in [0.29, 0.717) is 17.4 Å². The predicted octanol–water partition coefficient (Wildman–Crippen LogP) is 19.8. The van der Waals surface area contributed by atoms with E-state index in [9.17, 15) is 19.0 Å². The summed E-state index contributed by atoms with van der Waals surface area (Å²) in [5.41, 5.74) is 0. The molecule has 0 saturated carbocycles. The quantitative estimate of drug-likeness (QED) is 0.0195. The van der Waals surface area contributed by atoms with Gasteiger partial charge < -0.3 is 27.9 Å². The van der Waals surface area contributed by atoms with E-state index in [-0.39, 0.29) is 32.0 Å². The molecule has 0 bridgehead atoms. The Morgan fingerprint density at radius 1 is 0.405 bits per heavy atom. The number of esters is 2. The number of likely N-dealkylation sites (N-methyl/N-ethyl adjacent to an activating group) is 1. The topological polar surface area (TPSA) is 111 Å². The van der Waals surface area contributed by atoms with Gasteiger partial charge in [-0.2, -0.15) is 0 Å². The highest BCUT2D eigenvalue weighted by atomic mass is 31.2. The Hall–Kier alpha value is -1.25. The number of ether oxygens (including phenoxy) is 2. The van der Waals surface area contributed by atoms with E-state index in [1.54, 1.807) is 0 Å². The third-order valence-corrected chi connectivity index (χ3v) is 15.7. The van der Waals surface area contributed by atoms with E-state index >= 15 is 0 Å². The number of phosphoric acid groups is 1. The molecular formula is C64H126NO8P. The number of hydrogen-bond acceptors (Lipinski definition) is 8. The molecule has 10 heteroatoms. The van der Waals surface area contributed by atoms with E-state index in [4.69, 9.17) is 18.5 Å². The standard InChI is InChI=1S/C64H126NO8P/c1-6-8-10-12-14-16-18-20-22-24-26-27-28-29-30-31-32-33-34-35-36-37-39-40-42-44-46-48-50-52-54-56-63(66)70-60-62(61-72-74(68,69)71-59-58-65(3,4)5)73-64(67)57-55-53-51-49-47-45-43-41-38-25-23-21-19-17-15-13-11-9-7-2/h21,23,62H,6-20,22,24-61H2,1-5H3/b23-21-. The summed E-state index contributed by atoms with van der Waals surface area (Å²) in [7, 11) is 1.18. The summed E-state index contributed by atoms with van der Waals surface area (Å²) in [4.78, 5) is 37.9. The number of unbranched alkanes of at least 4 members (excludes halogenated alkanes) is 45. The first kappa shape index (κ1) is 72.8. The number of phosphoric ester groups is 1. The Balaban J connectivity index is 3.98. The Kier molecular flexibility index (Phi) is 55.5. The van der Waals surface area contributed by atoms with Gasteiger partial charge >= 0.3 is 11.9 Å². The van der Waals surface area contributed by atoms with Gasteiger partial charge in [0, 0.05) is 12.8 Å². The second-order valence-electron chi connectivity index (χ2n) is 23.5. The molecule has 0 aliphatic carbocycles. The second kappa shape index (κ2) is 56.5. The summed E-state index contributed by atoms with van der Waals surface area (Å²) in [6.45, 7) is 4.30. The van der Waals surface area contributed by atoms with Gasteiger partial charge in [0.05, 0.1) is 27.7 Å². The third kappa shape index (κ3) is 60.0. The van der Waals surface area contributed by atoms with Crippen LogP contribution in [0, 0.1) is 0 Å². The number of nitrogens with zero attached hydrogens (tertiary/aromatic N) is 1. The van der Waals surface area contributed by atoms with Gasteiger partial charge in [-0.15, -0.1) is 0 Å². The summed E-state index contributed by atoms with van der Waals surface area (Å²) >= 11 is 0. The zero-order valence-electron chi connectivity index (χ0n) is 50.1. The Morgan fingerprint density at radius 2 is 0.689 bits per heavy atom. The molecule has 2 atom stereocenters. The average molecular weight is 1070 g/mol. The molecule has 74 heavy (non-hydrogen) atoms. The second-order valence-corrected chi connectivity index (χ2v) is 24.9. The lowest BCUT2D eigenvalue weighted by atomic mass is 10.0. The first-order chi connectivity index (χ1) is 36.0. The van der Waals surface area contributed by atoms with E-state index in [1.807, 2.05) is 21.1 Å². The zero-order chi connectivity index (χ0) is 54.2. The van der Waals surface area contributed by atoms with Crippen LogP contribution in [0.4, 0.5) is 0 Å². The maximum absolute atomic E-state index is 12.8. The van der Waals surface area contributed by atoms with Crippen LogP contribution in [-0.4, -0.2) is 70.0 Å². The SMILES string of the molecule is CCCCCCCC/C=C\CCCCCCCCCCCC(=O)OC(COC(=O)CCCCCCCCCCCCCCCCCCCCCCCCCCCCCCCCC)COP(=O)([O-])OCC[N+](C)(C)C. The summed E-state index contributed by atoms with van der Waals surface area (Å²) in [6, 6.07) is 0. The van der Waals surface area contributed by atoms with Crippen LogP contribution in [0.15, 0.2) is 12.2 Å². The molecule has 0 aromatic rings. The highest BCUT2D eigenvalue weighted by molar-refractivity contribution is 7.45. The monoisotopic (exact) mass is 1070 g/mol. The van der Waals surface area contributed by atoms with Crippen molar-refractivity contribution in [2.45, 2.75) is 341 Å². The molecule has 0 aliphatic heterocycles. The predicted molar refractivity (Wildman–Crippen MR) is 315 cm³/mol. The van der Waals surface area contributed by atoms with Gasteiger partial charge in [0.1, 0.15) is 19.8 Å². The van der Waals surface area contributed by atoms with Crippen LogP contribution in [0.25, 0.3) is 0 Å². The fraction of sp³-hybridized carbons (Fsp3) is 0.938. The molecule has 0 heterocycles. The first-order valence-electron chi connectivity index (χ1n) is 32.4. The van der Waals surface area contributed by atoms with Crippen molar-refractivity contribution in [3.8, 4) is 0 Å². The molecule has 0 aliphatic rings. The number of carbonyl (C=O) groups is 2. The molecule has 9 nitrogen and oxygen atoms in total. The van der Waals surface area contributed by atoms with Gasteiger partial charge in [-0.05, 0) is 38.5 Å².